The molecular formula is C11H13Cl2IN2. The van der Waals surface area contributed by atoms with Crippen molar-refractivity contribution in [3.8, 4) is 0 Å². The fraction of sp³-hybridized carbons (Fsp3) is 0.636. The predicted octanol–water partition coefficient (Wildman–Crippen LogP) is 4.68. The van der Waals surface area contributed by atoms with Crippen molar-refractivity contribution in [2.24, 2.45) is 5.92 Å². The second-order valence-electron chi connectivity index (χ2n) is 4.43. The lowest BCUT2D eigenvalue weighted by Gasteiger charge is -2.25. The van der Waals surface area contributed by atoms with Gasteiger partial charge in [-0.2, -0.15) is 0 Å². The minimum atomic E-state index is 0.434. The maximum atomic E-state index is 6.02. The van der Waals surface area contributed by atoms with E-state index in [4.69, 9.17) is 23.2 Å². The van der Waals surface area contributed by atoms with E-state index in [0.29, 0.717) is 16.2 Å². The van der Waals surface area contributed by atoms with Crippen molar-refractivity contribution in [1.29, 1.82) is 0 Å². The minimum Gasteiger partial charge on any atom is -0.220 e. The van der Waals surface area contributed by atoms with Gasteiger partial charge in [0.1, 0.15) is 16.1 Å². The minimum absolute atomic E-state index is 0.434. The average molecular weight is 371 g/mol. The van der Waals surface area contributed by atoms with E-state index in [2.05, 4.69) is 39.5 Å². The number of rotatable bonds is 1. The third kappa shape index (κ3) is 2.79. The lowest BCUT2D eigenvalue weighted by atomic mass is 9.82. The average Bonchev–Trinajstić information content (AvgIpc) is 2.26. The second kappa shape index (κ2) is 5.36. The van der Waals surface area contributed by atoms with Crippen molar-refractivity contribution in [3.05, 3.63) is 19.7 Å². The third-order valence-corrected chi connectivity index (χ3v) is 5.38. The highest BCUT2D eigenvalue weighted by Crippen LogP contribution is 2.35. The van der Waals surface area contributed by atoms with Crippen LogP contribution >= 0.6 is 45.8 Å². The summed E-state index contributed by atoms with van der Waals surface area (Å²) < 4.78 is 0.744. The van der Waals surface area contributed by atoms with E-state index in [-0.39, 0.29) is 0 Å². The van der Waals surface area contributed by atoms with Gasteiger partial charge in [-0.1, -0.05) is 43.0 Å². The van der Waals surface area contributed by atoms with Crippen LogP contribution < -0.4 is 0 Å². The first kappa shape index (κ1) is 12.8. The molecular weight excluding hydrogens is 358 g/mol. The lowest BCUT2D eigenvalue weighted by Crippen LogP contribution is -2.14. The van der Waals surface area contributed by atoms with Crippen molar-refractivity contribution in [3.63, 3.8) is 0 Å². The third-order valence-electron chi connectivity index (χ3n) is 3.17. The molecule has 16 heavy (non-hydrogen) atoms. The smallest absolute Gasteiger partial charge is 0.147 e. The summed E-state index contributed by atoms with van der Waals surface area (Å²) in [7, 11) is 0. The number of halogens is 3. The SMILES string of the molecule is CC1CCC(c2nc(Cl)c(I)c(Cl)n2)CC1. The van der Waals surface area contributed by atoms with Crippen molar-refractivity contribution in [2.45, 2.75) is 38.5 Å². The molecule has 88 valence electrons. The molecule has 0 spiro atoms. The zero-order valence-electron chi connectivity index (χ0n) is 9.01. The molecule has 0 aromatic carbocycles. The van der Waals surface area contributed by atoms with Gasteiger partial charge in [0, 0.05) is 5.92 Å². The molecule has 0 aliphatic heterocycles. The fourth-order valence-electron chi connectivity index (χ4n) is 2.11. The molecule has 0 unspecified atom stereocenters. The van der Waals surface area contributed by atoms with Crippen molar-refractivity contribution in [2.75, 3.05) is 0 Å². The topological polar surface area (TPSA) is 25.8 Å². The normalized spacial score (nSPS) is 25.8. The van der Waals surface area contributed by atoms with Crippen LogP contribution in [0.2, 0.25) is 10.3 Å². The second-order valence-corrected chi connectivity index (χ2v) is 6.23. The van der Waals surface area contributed by atoms with Gasteiger partial charge in [0.25, 0.3) is 0 Å². The van der Waals surface area contributed by atoms with E-state index in [9.17, 15) is 0 Å². The van der Waals surface area contributed by atoms with E-state index in [1.165, 1.54) is 12.8 Å². The van der Waals surface area contributed by atoms with Crippen LogP contribution in [0, 0.1) is 9.49 Å². The van der Waals surface area contributed by atoms with Crippen LogP contribution in [-0.4, -0.2) is 9.97 Å². The monoisotopic (exact) mass is 370 g/mol. The van der Waals surface area contributed by atoms with Crippen LogP contribution in [0.25, 0.3) is 0 Å². The molecule has 1 saturated carbocycles. The highest BCUT2D eigenvalue weighted by Gasteiger charge is 2.23. The van der Waals surface area contributed by atoms with Crippen molar-refractivity contribution < 1.29 is 0 Å². The molecule has 1 aromatic rings. The Balaban J connectivity index is 2.21. The Morgan fingerprint density at radius 1 is 1.06 bits per heavy atom. The Labute approximate surface area is 119 Å². The summed E-state index contributed by atoms with van der Waals surface area (Å²) in [4.78, 5) is 8.69. The van der Waals surface area contributed by atoms with Gasteiger partial charge >= 0.3 is 0 Å². The first-order valence-corrected chi connectivity index (χ1v) is 7.30. The Hall–Kier alpha value is 0.390. The Bertz CT molecular complexity index is 367. The first-order chi connectivity index (χ1) is 7.58. The molecule has 1 aromatic heterocycles. The van der Waals surface area contributed by atoms with Gasteiger partial charge in [-0.15, -0.1) is 0 Å². The van der Waals surface area contributed by atoms with Gasteiger partial charge in [0.05, 0.1) is 3.57 Å². The predicted molar refractivity (Wildman–Crippen MR) is 75.1 cm³/mol. The summed E-state index contributed by atoms with van der Waals surface area (Å²) in [5, 5.41) is 0.962. The van der Waals surface area contributed by atoms with Gasteiger partial charge in [-0.3, -0.25) is 0 Å². The summed E-state index contributed by atoms with van der Waals surface area (Å²) in [5.41, 5.74) is 0. The molecule has 2 rings (SSSR count). The molecule has 0 atom stereocenters. The lowest BCUT2D eigenvalue weighted by molar-refractivity contribution is 0.339. The summed E-state index contributed by atoms with van der Waals surface area (Å²) in [6.07, 6.45) is 4.79. The molecule has 1 heterocycles. The summed E-state index contributed by atoms with van der Waals surface area (Å²) >= 11 is 14.1. The Morgan fingerprint density at radius 3 is 2.06 bits per heavy atom. The van der Waals surface area contributed by atoms with Gasteiger partial charge in [0.15, 0.2) is 0 Å². The van der Waals surface area contributed by atoms with Gasteiger partial charge < -0.3 is 0 Å². The highest BCUT2D eigenvalue weighted by atomic mass is 127. The Kier molecular flexibility index (Phi) is 4.30. The van der Waals surface area contributed by atoms with Crippen LogP contribution in [0.1, 0.15) is 44.3 Å². The van der Waals surface area contributed by atoms with Gasteiger partial charge in [-0.25, -0.2) is 9.97 Å². The number of nitrogens with zero attached hydrogens (tertiary/aromatic N) is 2. The highest BCUT2D eigenvalue weighted by molar-refractivity contribution is 14.1. The molecule has 0 bridgehead atoms. The van der Waals surface area contributed by atoms with E-state index in [1.807, 2.05) is 0 Å². The largest absolute Gasteiger partial charge is 0.220 e. The van der Waals surface area contributed by atoms with Gasteiger partial charge in [0.2, 0.25) is 0 Å². The first-order valence-electron chi connectivity index (χ1n) is 5.46. The quantitative estimate of drug-likeness (QED) is 0.529. The standard InChI is InChI=1S/C11H13Cl2IN2/c1-6-2-4-7(5-3-6)11-15-9(12)8(14)10(13)16-11/h6-7H,2-5H2,1H3. The zero-order chi connectivity index (χ0) is 11.7. The number of hydrogen-bond acceptors (Lipinski definition) is 2. The summed E-state index contributed by atoms with van der Waals surface area (Å²) in [5.74, 6) is 2.08. The molecule has 0 radical (unpaired) electrons. The molecule has 0 saturated heterocycles. The van der Waals surface area contributed by atoms with Crippen LogP contribution in [-0.2, 0) is 0 Å². The van der Waals surface area contributed by atoms with E-state index >= 15 is 0 Å². The van der Waals surface area contributed by atoms with E-state index in [1.54, 1.807) is 0 Å². The van der Waals surface area contributed by atoms with Crippen molar-refractivity contribution >= 4 is 45.8 Å². The molecule has 5 heteroatoms. The van der Waals surface area contributed by atoms with Crippen LogP contribution in [0.15, 0.2) is 0 Å². The summed E-state index contributed by atoms with van der Waals surface area (Å²) in [6, 6.07) is 0. The molecule has 1 aliphatic rings. The maximum absolute atomic E-state index is 6.02. The van der Waals surface area contributed by atoms with Crippen molar-refractivity contribution in [1.82, 2.24) is 9.97 Å². The molecule has 0 amide bonds. The van der Waals surface area contributed by atoms with Crippen LogP contribution in [0.5, 0.6) is 0 Å². The molecule has 0 N–H and O–H groups in total. The molecule has 1 fully saturated rings. The van der Waals surface area contributed by atoms with E-state index < -0.39 is 0 Å². The fourth-order valence-corrected chi connectivity index (χ4v) is 2.75. The van der Waals surface area contributed by atoms with Gasteiger partial charge in [-0.05, 0) is 41.4 Å². The van der Waals surface area contributed by atoms with Crippen LogP contribution in [0.4, 0.5) is 0 Å². The zero-order valence-corrected chi connectivity index (χ0v) is 12.7. The molecule has 2 nitrogen and oxygen atoms in total. The Morgan fingerprint density at radius 2 is 1.56 bits per heavy atom. The van der Waals surface area contributed by atoms with E-state index in [0.717, 1.165) is 28.2 Å². The summed E-state index contributed by atoms with van der Waals surface area (Å²) in [6.45, 7) is 2.30. The van der Waals surface area contributed by atoms with Crippen LogP contribution in [0.3, 0.4) is 0 Å². The molecule has 1 aliphatic carbocycles. The maximum Gasteiger partial charge on any atom is 0.147 e. The number of hydrogen-bond donors (Lipinski definition) is 0. The number of aromatic nitrogens is 2.